The van der Waals surface area contributed by atoms with E-state index in [4.69, 9.17) is 31.5 Å². The number of methoxy groups -OCH3 is 1. The Kier molecular flexibility index (Phi) is 6.68. The molecule has 138 valence electrons. The molecule has 0 aliphatic carbocycles. The number of benzene rings is 2. The van der Waals surface area contributed by atoms with Gasteiger partial charge in [0.25, 0.3) is 11.8 Å². The quantitative estimate of drug-likeness (QED) is 0.735. The number of hydrogen-bond donors (Lipinski definition) is 2. The Morgan fingerprint density at radius 2 is 1.96 bits per heavy atom. The van der Waals surface area contributed by atoms with Crippen molar-refractivity contribution in [1.82, 2.24) is 0 Å². The van der Waals surface area contributed by atoms with Gasteiger partial charge in [-0.25, -0.2) is 0 Å². The fourth-order valence-corrected chi connectivity index (χ4v) is 2.42. The van der Waals surface area contributed by atoms with Crippen LogP contribution >= 0.6 is 11.6 Å². The van der Waals surface area contributed by atoms with Crippen molar-refractivity contribution in [2.75, 3.05) is 25.6 Å². The number of carbonyl (C=O) groups is 2. The molecule has 0 atom stereocenters. The lowest BCUT2D eigenvalue weighted by atomic mass is 10.1. The van der Waals surface area contributed by atoms with Gasteiger partial charge in [-0.2, -0.15) is 0 Å². The van der Waals surface area contributed by atoms with E-state index < -0.39 is 5.91 Å². The molecule has 0 aliphatic heterocycles. The Balaban J connectivity index is 2.18. The summed E-state index contributed by atoms with van der Waals surface area (Å²) in [6, 6.07) is 9.63. The van der Waals surface area contributed by atoms with Gasteiger partial charge in [-0.3, -0.25) is 9.59 Å². The largest absolute Gasteiger partial charge is 0.493 e. The van der Waals surface area contributed by atoms with Crippen LogP contribution in [0.5, 0.6) is 17.2 Å². The van der Waals surface area contributed by atoms with E-state index in [1.165, 1.54) is 13.2 Å². The van der Waals surface area contributed by atoms with Crippen LogP contribution in [0, 0.1) is 0 Å². The molecule has 8 heteroatoms. The fraction of sp³-hybridized carbons (Fsp3) is 0.222. The fourth-order valence-electron chi connectivity index (χ4n) is 2.16. The van der Waals surface area contributed by atoms with Crippen molar-refractivity contribution in [3.8, 4) is 17.2 Å². The average molecular weight is 379 g/mol. The zero-order valence-corrected chi connectivity index (χ0v) is 15.1. The second-order valence-corrected chi connectivity index (χ2v) is 5.57. The molecular formula is C18H19ClN2O5. The van der Waals surface area contributed by atoms with Gasteiger partial charge in [0.15, 0.2) is 18.1 Å². The highest BCUT2D eigenvalue weighted by atomic mass is 35.5. The number of hydrogen-bond acceptors (Lipinski definition) is 5. The third-order valence-electron chi connectivity index (χ3n) is 3.25. The van der Waals surface area contributed by atoms with E-state index in [0.29, 0.717) is 35.1 Å². The highest BCUT2D eigenvalue weighted by Crippen LogP contribution is 2.36. The van der Waals surface area contributed by atoms with Gasteiger partial charge >= 0.3 is 0 Å². The van der Waals surface area contributed by atoms with Gasteiger partial charge in [-0.1, -0.05) is 17.7 Å². The molecule has 0 aromatic heterocycles. The van der Waals surface area contributed by atoms with Crippen molar-refractivity contribution in [2.45, 2.75) is 6.92 Å². The summed E-state index contributed by atoms with van der Waals surface area (Å²) in [5, 5.41) is 3.00. The lowest BCUT2D eigenvalue weighted by Gasteiger charge is -2.13. The molecule has 2 amide bonds. The predicted octanol–water partition coefficient (Wildman–Crippen LogP) is 2.86. The molecule has 26 heavy (non-hydrogen) atoms. The molecule has 0 saturated carbocycles. The average Bonchev–Trinajstić information content (AvgIpc) is 2.61. The van der Waals surface area contributed by atoms with E-state index in [1.807, 2.05) is 6.92 Å². The number of amides is 2. The first-order valence-electron chi connectivity index (χ1n) is 7.77. The molecule has 0 heterocycles. The van der Waals surface area contributed by atoms with Crippen molar-refractivity contribution in [1.29, 1.82) is 0 Å². The minimum absolute atomic E-state index is 0.247. The normalized spacial score (nSPS) is 10.1. The van der Waals surface area contributed by atoms with Gasteiger partial charge < -0.3 is 25.3 Å². The van der Waals surface area contributed by atoms with Gasteiger partial charge in [0.05, 0.1) is 18.7 Å². The Hall–Kier alpha value is -2.93. The minimum Gasteiger partial charge on any atom is -0.493 e. The molecule has 0 unspecified atom stereocenters. The number of primary amides is 1. The predicted molar refractivity (Wildman–Crippen MR) is 98.3 cm³/mol. The second-order valence-electron chi connectivity index (χ2n) is 5.16. The maximum Gasteiger partial charge on any atom is 0.255 e. The van der Waals surface area contributed by atoms with E-state index in [9.17, 15) is 9.59 Å². The molecule has 3 N–H and O–H groups in total. The van der Waals surface area contributed by atoms with Gasteiger partial charge in [0.1, 0.15) is 5.75 Å². The van der Waals surface area contributed by atoms with Gasteiger partial charge in [0, 0.05) is 17.3 Å². The van der Waals surface area contributed by atoms with E-state index in [2.05, 4.69) is 5.32 Å². The molecular weight excluding hydrogens is 360 g/mol. The first-order valence-corrected chi connectivity index (χ1v) is 8.15. The van der Waals surface area contributed by atoms with E-state index >= 15 is 0 Å². The summed E-state index contributed by atoms with van der Waals surface area (Å²) >= 11 is 6.19. The molecule has 2 rings (SSSR count). The molecule has 0 bridgehead atoms. The summed E-state index contributed by atoms with van der Waals surface area (Å²) in [7, 11) is 1.47. The van der Waals surface area contributed by atoms with Crippen LogP contribution in [0.3, 0.4) is 0 Å². The molecule has 7 nitrogen and oxygen atoms in total. The van der Waals surface area contributed by atoms with Crippen LogP contribution < -0.4 is 25.3 Å². The summed E-state index contributed by atoms with van der Waals surface area (Å²) in [5.74, 6) is 0.179. The number of carbonyl (C=O) groups excluding carboxylic acids is 2. The maximum absolute atomic E-state index is 12.5. The minimum atomic E-state index is -0.587. The zero-order valence-electron chi connectivity index (χ0n) is 14.4. The maximum atomic E-state index is 12.5. The summed E-state index contributed by atoms with van der Waals surface area (Å²) in [5.41, 5.74) is 5.83. The summed E-state index contributed by atoms with van der Waals surface area (Å²) in [4.78, 5) is 23.3. The van der Waals surface area contributed by atoms with Crippen molar-refractivity contribution >= 4 is 29.1 Å². The lowest BCUT2D eigenvalue weighted by Crippen LogP contribution is -2.20. The van der Waals surface area contributed by atoms with Crippen LogP contribution in [0.4, 0.5) is 5.69 Å². The van der Waals surface area contributed by atoms with Crippen molar-refractivity contribution in [3.05, 3.63) is 47.0 Å². The summed E-state index contributed by atoms with van der Waals surface area (Å²) in [6.07, 6.45) is 0. The van der Waals surface area contributed by atoms with Gasteiger partial charge in [-0.15, -0.1) is 0 Å². The van der Waals surface area contributed by atoms with Crippen LogP contribution in [-0.4, -0.2) is 32.1 Å². The second kappa shape index (κ2) is 8.96. The molecule has 0 aliphatic rings. The van der Waals surface area contributed by atoms with Crippen molar-refractivity contribution < 1.29 is 23.8 Å². The Morgan fingerprint density at radius 3 is 2.62 bits per heavy atom. The Morgan fingerprint density at radius 1 is 1.19 bits per heavy atom. The van der Waals surface area contributed by atoms with Crippen LogP contribution in [-0.2, 0) is 4.79 Å². The highest BCUT2D eigenvalue weighted by Gasteiger charge is 2.16. The number of anilines is 1. The first-order chi connectivity index (χ1) is 12.4. The van der Waals surface area contributed by atoms with Gasteiger partial charge in [0.2, 0.25) is 0 Å². The molecule has 2 aromatic rings. The van der Waals surface area contributed by atoms with Crippen LogP contribution in [0.25, 0.3) is 0 Å². The standard InChI is InChI=1S/C18H19ClN2O5/c1-3-25-17-14(19)7-11(8-15(17)24-2)18(23)21-12-5-4-6-13(9-12)26-10-16(20)22/h4-9H,3,10H2,1-2H3,(H2,20,22)(H,21,23). The number of halogens is 1. The SMILES string of the molecule is CCOc1c(Cl)cc(C(=O)Nc2cccc(OCC(N)=O)c2)cc1OC. The van der Waals surface area contributed by atoms with Crippen molar-refractivity contribution in [2.24, 2.45) is 5.73 Å². The smallest absolute Gasteiger partial charge is 0.255 e. The molecule has 2 aromatic carbocycles. The molecule has 0 saturated heterocycles. The number of nitrogens with two attached hydrogens (primary N) is 1. The lowest BCUT2D eigenvalue weighted by molar-refractivity contribution is -0.119. The van der Waals surface area contributed by atoms with E-state index in [0.717, 1.165) is 0 Å². The highest BCUT2D eigenvalue weighted by molar-refractivity contribution is 6.32. The Bertz CT molecular complexity index is 810. The Labute approximate surface area is 156 Å². The molecule has 0 radical (unpaired) electrons. The first kappa shape index (κ1) is 19.4. The van der Waals surface area contributed by atoms with Crippen molar-refractivity contribution in [3.63, 3.8) is 0 Å². The zero-order chi connectivity index (χ0) is 19.1. The molecule has 0 fully saturated rings. The van der Waals surface area contributed by atoms with E-state index in [1.54, 1.807) is 30.3 Å². The van der Waals surface area contributed by atoms with Crippen LogP contribution in [0.2, 0.25) is 5.02 Å². The summed E-state index contributed by atoms with van der Waals surface area (Å²) < 4.78 is 15.9. The third-order valence-corrected chi connectivity index (χ3v) is 3.53. The summed E-state index contributed by atoms with van der Waals surface area (Å²) in [6.45, 7) is 1.99. The number of nitrogens with one attached hydrogen (secondary N) is 1. The van der Waals surface area contributed by atoms with Crippen LogP contribution in [0.15, 0.2) is 36.4 Å². The monoisotopic (exact) mass is 378 g/mol. The topological polar surface area (TPSA) is 99.9 Å². The van der Waals surface area contributed by atoms with Crippen LogP contribution in [0.1, 0.15) is 17.3 Å². The van der Waals surface area contributed by atoms with Gasteiger partial charge in [-0.05, 0) is 31.2 Å². The molecule has 0 spiro atoms. The number of ether oxygens (including phenoxy) is 3. The van der Waals surface area contributed by atoms with E-state index in [-0.39, 0.29) is 17.5 Å². The number of rotatable bonds is 8. The third kappa shape index (κ3) is 5.03.